The van der Waals surface area contributed by atoms with E-state index in [-0.39, 0.29) is 11.8 Å². The van der Waals surface area contributed by atoms with Crippen molar-refractivity contribution in [3.8, 4) is 0 Å². The summed E-state index contributed by atoms with van der Waals surface area (Å²) in [4.78, 5) is 12.1. The molecule has 1 rings (SSSR count). The standard InChI is InChI=1S/C15H24N2O2/c1-3-14(13-7-5-4-6-8-13)15(18)17-10-9-16-11-12-19-2/h4-8,14,16H,3,9-12H2,1-2H3,(H,17,18). The van der Waals surface area contributed by atoms with E-state index in [0.29, 0.717) is 13.2 Å². The molecule has 1 atom stereocenters. The van der Waals surface area contributed by atoms with E-state index in [2.05, 4.69) is 10.6 Å². The number of ether oxygens (including phenoxy) is 1. The van der Waals surface area contributed by atoms with Crippen LogP contribution in [-0.2, 0) is 9.53 Å². The van der Waals surface area contributed by atoms with Gasteiger partial charge in [-0.15, -0.1) is 0 Å². The molecule has 1 aromatic rings. The topological polar surface area (TPSA) is 50.4 Å². The van der Waals surface area contributed by atoms with E-state index in [1.807, 2.05) is 37.3 Å². The van der Waals surface area contributed by atoms with E-state index >= 15 is 0 Å². The number of amides is 1. The summed E-state index contributed by atoms with van der Waals surface area (Å²) < 4.78 is 4.93. The first-order chi connectivity index (χ1) is 9.29. The third-order valence-corrected chi connectivity index (χ3v) is 3.01. The SMILES string of the molecule is CCC(C(=O)NCCNCCOC)c1ccccc1. The fourth-order valence-corrected chi connectivity index (χ4v) is 1.95. The van der Waals surface area contributed by atoms with Gasteiger partial charge in [0.2, 0.25) is 5.91 Å². The van der Waals surface area contributed by atoms with E-state index in [9.17, 15) is 4.79 Å². The lowest BCUT2D eigenvalue weighted by atomic mass is 9.96. The minimum atomic E-state index is -0.0554. The highest BCUT2D eigenvalue weighted by Gasteiger charge is 2.17. The molecular formula is C15H24N2O2. The number of hydrogen-bond donors (Lipinski definition) is 2. The second-order valence-corrected chi connectivity index (χ2v) is 4.41. The molecule has 1 unspecified atom stereocenters. The monoisotopic (exact) mass is 264 g/mol. The summed E-state index contributed by atoms with van der Waals surface area (Å²) in [6.45, 7) is 4.94. The molecule has 0 aromatic heterocycles. The third-order valence-electron chi connectivity index (χ3n) is 3.01. The van der Waals surface area contributed by atoms with Crippen LogP contribution in [0.1, 0.15) is 24.8 Å². The van der Waals surface area contributed by atoms with Gasteiger partial charge in [0.25, 0.3) is 0 Å². The number of carbonyl (C=O) groups is 1. The Kier molecular flexibility index (Phi) is 7.86. The Hall–Kier alpha value is -1.39. The van der Waals surface area contributed by atoms with E-state index in [0.717, 1.165) is 25.1 Å². The van der Waals surface area contributed by atoms with Crippen molar-refractivity contribution >= 4 is 5.91 Å². The van der Waals surface area contributed by atoms with Crippen molar-refractivity contribution in [2.24, 2.45) is 0 Å². The maximum Gasteiger partial charge on any atom is 0.227 e. The van der Waals surface area contributed by atoms with Crippen LogP contribution >= 0.6 is 0 Å². The van der Waals surface area contributed by atoms with Crippen LogP contribution in [0.5, 0.6) is 0 Å². The van der Waals surface area contributed by atoms with Crippen molar-refractivity contribution in [1.29, 1.82) is 0 Å². The Morgan fingerprint density at radius 1 is 1.21 bits per heavy atom. The summed E-state index contributed by atoms with van der Waals surface area (Å²) in [7, 11) is 1.68. The predicted molar refractivity (Wildman–Crippen MR) is 77.2 cm³/mol. The minimum absolute atomic E-state index is 0.0554. The third kappa shape index (κ3) is 5.85. The first-order valence-electron chi connectivity index (χ1n) is 6.82. The maximum atomic E-state index is 12.1. The molecule has 4 nitrogen and oxygen atoms in total. The van der Waals surface area contributed by atoms with E-state index < -0.39 is 0 Å². The zero-order valence-electron chi connectivity index (χ0n) is 11.8. The summed E-state index contributed by atoms with van der Waals surface area (Å²) in [5.74, 6) is 0.0439. The molecule has 19 heavy (non-hydrogen) atoms. The van der Waals surface area contributed by atoms with Crippen LogP contribution in [-0.4, -0.2) is 39.3 Å². The molecular weight excluding hydrogens is 240 g/mol. The Morgan fingerprint density at radius 2 is 1.95 bits per heavy atom. The number of methoxy groups -OCH3 is 1. The van der Waals surface area contributed by atoms with Gasteiger partial charge in [0, 0.05) is 26.7 Å². The number of nitrogens with one attached hydrogen (secondary N) is 2. The second-order valence-electron chi connectivity index (χ2n) is 4.41. The molecule has 0 aliphatic carbocycles. The van der Waals surface area contributed by atoms with Gasteiger partial charge in [0.1, 0.15) is 0 Å². The van der Waals surface area contributed by atoms with Crippen LogP contribution in [0.4, 0.5) is 0 Å². The molecule has 0 bridgehead atoms. The normalized spacial score (nSPS) is 12.1. The first-order valence-corrected chi connectivity index (χ1v) is 6.82. The number of hydrogen-bond acceptors (Lipinski definition) is 3. The molecule has 0 fully saturated rings. The van der Waals surface area contributed by atoms with Gasteiger partial charge in [-0.1, -0.05) is 37.3 Å². The van der Waals surface area contributed by atoms with Crippen LogP contribution in [0.2, 0.25) is 0 Å². The van der Waals surface area contributed by atoms with Gasteiger partial charge in [-0.05, 0) is 12.0 Å². The highest BCUT2D eigenvalue weighted by molar-refractivity contribution is 5.83. The van der Waals surface area contributed by atoms with Gasteiger partial charge in [-0.2, -0.15) is 0 Å². The second kappa shape index (κ2) is 9.53. The summed E-state index contributed by atoms with van der Waals surface area (Å²) in [6.07, 6.45) is 0.812. The number of benzene rings is 1. The quantitative estimate of drug-likeness (QED) is 0.665. The van der Waals surface area contributed by atoms with Gasteiger partial charge < -0.3 is 15.4 Å². The lowest BCUT2D eigenvalue weighted by molar-refractivity contribution is -0.122. The molecule has 0 saturated carbocycles. The van der Waals surface area contributed by atoms with Crippen LogP contribution < -0.4 is 10.6 Å². The van der Waals surface area contributed by atoms with Crippen molar-refractivity contribution in [1.82, 2.24) is 10.6 Å². The fourth-order valence-electron chi connectivity index (χ4n) is 1.95. The lowest BCUT2D eigenvalue weighted by Crippen LogP contribution is -2.35. The average molecular weight is 264 g/mol. The van der Waals surface area contributed by atoms with Crippen molar-refractivity contribution in [3.63, 3.8) is 0 Å². The Bertz CT molecular complexity index is 354. The average Bonchev–Trinajstić information content (AvgIpc) is 2.45. The molecule has 0 heterocycles. The fraction of sp³-hybridized carbons (Fsp3) is 0.533. The van der Waals surface area contributed by atoms with E-state index in [4.69, 9.17) is 4.74 Å². The van der Waals surface area contributed by atoms with Crippen LogP contribution in [0.3, 0.4) is 0 Å². The van der Waals surface area contributed by atoms with Gasteiger partial charge >= 0.3 is 0 Å². The van der Waals surface area contributed by atoms with Crippen molar-refractivity contribution < 1.29 is 9.53 Å². The minimum Gasteiger partial charge on any atom is -0.383 e. The number of rotatable bonds is 9. The first kappa shape index (κ1) is 15.7. The lowest BCUT2D eigenvalue weighted by Gasteiger charge is -2.15. The van der Waals surface area contributed by atoms with Crippen molar-refractivity contribution in [3.05, 3.63) is 35.9 Å². The molecule has 0 aliphatic heterocycles. The zero-order chi connectivity index (χ0) is 13.9. The molecule has 4 heteroatoms. The molecule has 1 amide bonds. The molecule has 106 valence electrons. The van der Waals surface area contributed by atoms with Crippen molar-refractivity contribution in [2.75, 3.05) is 33.4 Å². The van der Waals surface area contributed by atoms with Gasteiger partial charge in [-0.3, -0.25) is 4.79 Å². The van der Waals surface area contributed by atoms with E-state index in [1.165, 1.54) is 0 Å². The smallest absolute Gasteiger partial charge is 0.227 e. The van der Waals surface area contributed by atoms with E-state index in [1.54, 1.807) is 7.11 Å². The van der Waals surface area contributed by atoms with Gasteiger partial charge in [-0.25, -0.2) is 0 Å². The van der Waals surface area contributed by atoms with Gasteiger partial charge in [0.15, 0.2) is 0 Å². The van der Waals surface area contributed by atoms with Crippen molar-refractivity contribution in [2.45, 2.75) is 19.3 Å². The summed E-state index contributed by atoms with van der Waals surface area (Å²) in [5.41, 5.74) is 1.08. The molecule has 1 aromatic carbocycles. The molecule has 0 radical (unpaired) electrons. The highest BCUT2D eigenvalue weighted by Crippen LogP contribution is 2.18. The zero-order valence-corrected chi connectivity index (χ0v) is 11.8. The Labute approximate surface area is 115 Å². The Morgan fingerprint density at radius 3 is 2.58 bits per heavy atom. The summed E-state index contributed by atoms with van der Waals surface area (Å²) in [6, 6.07) is 9.91. The highest BCUT2D eigenvalue weighted by atomic mass is 16.5. The molecule has 2 N–H and O–H groups in total. The molecule has 0 aliphatic rings. The maximum absolute atomic E-state index is 12.1. The molecule has 0 saturated heterocycles. The van der Waals surface area contributed by atoms with Gasteiger partial charge in [0.05, 0.1) is 12.5 Å². The van der Waals surface area contributed by atoms with Crippen LogP contribution in [0.15, 0.2) is 30.3 Å². The number of carbonyl (C=O) groups excluding carboxylic acids is 1. The van der Waals surface area contributed by atoms with Crippen LogP contribution in [0.25, 0.3) is 0 Å². The molecule has 0 spiro atoms. The Balaban J connectivity index is 2.31. The summed E-state index contributed by atoms with van der Waals surface area (Å²) >= 11 is 0. The summed E-state index contributed by atoms with van der Waals surface area (Å²) in [5, 5.41) is 6.17. The van der Waals surface area contributed by atoms with Crippen LogP contribution in [0, 0.1) is 0 Å². The largest absolute Gasteiger partial charge is 0.383 e. The predicted octanol–water partition coefficient (Wildman–Crippen LogP) is 1.53.